The van der Waals surface area contributed by atoms with Crippen molar-refractivity contribution in [2.75, 3.05) is 26.7 Å². The number of hydrogen-bond donors (Lipinski definition) is 1. The van der Waals surface area contributed by atoms with Crippen LogP contribution in [0.4, 0.5) is 0 Å². The first-order valence-corrected chi connectivity index (χ1v) is 6.67. The van der Waals surface area contributed by atoms with Crippen molar-refractivity contribution in [2.24, 2.45) is 0 Å². The molecule has 3 nitrogen and oxygen atoms in total. The van der Waals surface area contributed by atoms with Gasteiger partial charge in [-0.25, -0.2) is 0 Å². The lowest BCUT2D eigenvalue weighted by Gasteiger charge is -2.26. The monoisotopic (exact) mass is 233 g/mol. The largest absolute Gasteiger partial charge is 0.307 e. The normalized spacial score (nSPS) is 19.4. The van der Waals surface area contributed by atoms with Gasteiger partial charge in [-0.2, -0.15) is 0 Å². The summed E-state index contributed by atoms with van der Waals surface area (Å²) >= 11 is 0. The molecule has 0 fully saturated rings. The summed E-state index contributed by atoms with van der Waals surface area (Å²) in [4.78, 5) is 6.87. The minimum absolute atomic E-state index is 0.463. The van der Waals surface area contributed by atoms with Crippen molar-refractivity contribution < 1.29 is 0 Å². The van der Waals surface area contributed by atoms with Crippen LogP contribution in [0.5, 0.6) is 0 Å². The Morgan fingerprint density at radius 3 is 3.24 bits per heavy atom. The van der Waals surface area contributed by atoms with Crippen molar-refractivity contribution in [3.05, 3.63) is 29.6 Å². The number of rotatable bonds is 5. The Labute approximate surface area is 104 Å². The van der Waals surface area contributed by atoms with Gasteiger partial charge in [-0.15, -0.1) is 0 Å². The Balaban J connectivity index is 1.90. The quantitative estimate of drug-likeness (QED) is 0.843. The second-order valence-electron chi connectivity index (χ2n) is 4.84. The molecule has 1 unspecified atom stereocenters. The number of fused-ring (bicyclic) bond motifs is 1. The summed E-state index contributed by atoms with van der Waals surface area (Å²) in [5, 5.41) is 3.64. The Bertz CT molecular complexity index is 351. The highest BCUT2D eigenvalue weighted by atomic mass is 15.1. The summed E-state index contributed by atoms with van der Waals surface area (Å²) in [6, 6.07) is 4.73. The Kier molecular flexibility index (Phi) is 4.51. The van der Waals surface area contributed by atoms with Gasteiger partial charge < -0.3 is 10.2 Å². The van der Waals surface area contributed by atoms with Crippen LogP contribution in [0.1, 0.15) is 37.1 Å². The van der Waals surface area contributed by atoms with Crippen LogP contribution in [0.25, 0.3) is 0 Å². The number of nitrogens with one attached hydrogen (secondary N) is 1. The van der Waals surface area contributed by atoms with E-state index in [1.54, 1.807) is 0 Å². The van der Waals surface area contributed by atoms with Gasteiger partial charge in [0.1, 0.15) is 0 Å². The SMILES string of the molecule is CCN(C)CCNC1CCCc2cccnc21. The van der Waals surface area contributed by atoms with Crippen LogP contribution >= 0.6 is 0 Å². The van der Waals surface area contributed by atoms with Crippen molar-refractivity contribution in [3.63, 3.8) is 0 Å². The molecule has 1 aromatic rings. The fraction of sp³-hybridized carbons (Fsp3) is 0.643. The molecule has 0 spiro atoms. The molecule has 1 aliphatic rings. The van der Waals surface area contributed by atoms with E-state index in [2.05, 4.69) is 35.2 Å². The number of likely N-dealkylation sites (N-methyl/N-ethyl adjacent to an activating group) is 1. The van der Waals surface area contributed by atoms with Crippen LogP contribution in [0.15, 0.2) is 18.3 Å². The van der Waals surface area contributed by atoms with Crippen molar-refractivity contribution in [1.82, 2.24) is 15.2 Å². The molecule has 3 heteroatoms. The second-order valence-corrected chi connectivity index (χ2v) is 4.84. The Hall–Kier alpha value is -0.930. The van der Waals surface area contributed by atoms with Crippen molar-refractivity contribution >= 4 is 0 Å². The number of pyridine rings is 1. The molecule has 1 atom stereocenters. The molecule has 0 bridgehead atoms. The van der Waals surface area contributed by atoms with E-state index in [9.17, 15) is 0 Å². The van der Waals surface area contributed by atoms with E-state index >= 15 is 0 Å². The molecule has 0 aromatic carbocycles. The molecular formula is C14H23N3. The molecule has 0 amide bonds. The predicted octanol–water partition coefficient (Wildman–Crippen LogP) is 2.00. The molecule has 1 N–H and O–H groups in total. The van der Waals surface area contributed by atoms with Crippen LogP contribution in [-0.4, -0.2) is 36.6 Å². The van der Waals surface area contributed by atoms with E-state index in [4.69, 9.17) is 0 Å². The van der Waals surface area contributed by atoms with Crippen molar-refractivity contribution in [3.8, 4) is 0 Å². The van der Waals surface area contributed by atoms with Crippen molar-refractivity contribution in [1.29, 1.82) is 0 Å². The lowest BCUT2D eigenvalue weighted by atomic mass is 9.92. The van der Waals surface area contributed by atoms with Gasteiger partial charge >= 0.3 is 0 Å². The second kappa shape index (κ2) is 6.12. The molecular weight excluding hydrogens is 210 g/mol. The third-order valence-electron chi connectivity index (χ3n) is 3.62. The minimum atomic E-state index is 0.463. The van der Waals surface area contributed by atoms with Crippen LogP contribution in [0.3, 0.4) is 0 Å². The average molecular weight is 233 g/mol. The van der Waals surface area contributed by atoms with E-state index in [1.807, 2.05) is 12.3 Å². The summed E-state index contributed by atoms with van der Waals surface area (Å²) in [6.07, 6.45) is 5.60. The first-order valence-electron chi connectivity index (χ1n) is 6.67. The van der Waals surface area contributed by atoms with E-state index in [-0.39, 0.29) is 0 Å². The van der Waals surface area contributed by atoms with E-state index in [0.29, 0.717) is 6.04 Å². The molecule has 1 heterocycles. The third-order valence-corrected chi connectivity index (χ3v) is 3.62. The highest BCUT2D eigenvalue weighted by Gasteiger charge is 2.20. The lowest BCUT2D eigenvalue weighted by Crippen LogP contribution is -2.33. The molecule has 0 saturated heterocycles. The van der Waals surface area contributed by atoms with Gasteiger partial charge in [0.25, 0.3) is 0 Å². The lowest BCUT2D eigenvalue weighted by molar-refractivity contribution is 0.332. The molecule has 1 aromatic heterocycles. The molecule has 0 saturated carbocycles. The summed E-state index contributed by atoms with van der Waals surface area (Å²) in [5.41, 5.74) is 2.71. The van der Waals surface area contributed by atoms with E-state index in [0.717, 1.165) is 19.6 Å². The molecule has 0 radical (unpaired) electrons. The van der Waals surface area contributed by atoms with Crippen LogP contribution in [0.2, 0.25) is 0 Å². The first-order chi connectivity index (χ1) is 8.31. The Morgan fingerprint density at radius 1 is 1.53 bits per heavy atom. The number of aromatic nitrogens is 1. The average Bonchev–Trinajstić information content (AvgIpc) is 2.39. The molecule has 94 valence electrons. The maximum absolute atomic E-state index is 4.54. The van der Waals surface area contributed by atoms with Crippen LogP contribution in [-0.2, 0) is 6.42 Å². The van der Waals surface area contributed by atoms with Gasteiger partial charge in [0.05, 0.1) is 5.69 Å². The van der Waals surface area contributed by atoms with Gasteiger partial charge in [0.15, 0.2) is 0 Å². The molecule has 2 rings (SSSR count). The summed E-state index contributed by atoms with van der Waals surface area (Å²) < 4.78 is 0. The van der Waals surface area contributed by atoms with Crippen molar-refractivity contribution in [2.45, 2.75) is 32.2 Å². The maximum Gasteiger partial charge on any atom is 0.0605 e. The predicted molar refractivity (Wildman–Crippen MR) is 71.1 cm³/mol. The van der Waals surface area contributed by atoms with E-state index in [1.165, 1.54) is 30.5 Å². The molecule has 1 aliphatic carbocycles. The van der Waals surface area contributed by atoms with Gasteiger partial charge in [-0.1, -0.05) is 13.0 Å². The minimum Gasteiger partial charge on any atom is -0.307 e. The number of aryl methyl sites for hydroxylation is 1. The van der Waals surface area contributed by atoms with Gasteiger partial charge in [-0.3, -0.25) is 4.98 Å². The van der Waals surface area contributed by atoms with Gasteiger partial charge in [0, 0.05) is 25.3 Å². The highest BCUT2D eigenvalue weighted by Crippen LogP contribution is 2.27. The number of hydrogen-bond acceptors (Lipinski definition) is 3. The fourth-order valence-corrected chi connectivity index (χ4v) is 2.40. The molecule has 17 heavy (non-hydrogen) atoms. The zero-order valence-electron chi connectivity index (χ0n) is 10.9. The smallest absolute Gasteiger partial charge is 0.0605 e. The van der Waals surface area contributed by atoms with Gasteiger partial charge in [-0.05, 0) is 44.5 Å². The first kappa shape index (κ1) is 12.5. The number of nitrogens with zero attached hydrogens (tertiary/aromatic N) is 2. The summed E-state index contributed by atoms with van der Waals surface area (Å²) in [5.74, 6) is 0. The zero-order valence-corrected chi connectivity index (χ0v) is 10.9. The molecule has 0 aliphatic heterocycles. The summed E-state index contributed by atoms with van der Waals surface area (Å²) in [6.45, 7) is 5.46. The van der Waals surface area contributed by atoms with Crippen LogP contribution < -0.4 is 5.32 Å². The topological polar surface area (TPSA) is 28.2 Å². The van der Waals surface area contributed by atoms with Crippen LogP contribution in [0, 0.1) is 0 Å². The zero-order chi connectivity index (χ0) is 12.1. The maximum atomic E-state index is 4.54. The third kappa shape index (κ3) is 3.27. The standard InChI is InChI=1S/C14H23N3/c1-3-17(2)11-10-15-13-8-4-6-12-7-5-9-16-14(12)13/h5,7,9,13,15H,3-4,6,8,10-11H2,1-2H3. The highest BCUT2D eigenvalue weighted by molar-refractivity contribution is 5.25. The fourth-order valence-electron chi connectivity index (χ4n) is 2.40. The summed E-state index contributed by atoms with van der Waals surface area (Å²) in [7, 11) is 2.16. The van der Waals surface area contributed by atoms with E-state index < -0.39 is 0 Å². The van der Waals surface area contributed by atoms with Gasteiger partial charge in [0.2, 0.25) is 0 Å². The Morgan fingerprint density at radius 2 is 2.41 bits per heavy atom.